The van der Waals surface area contributed by atoms with Crippen molar-refractivity contribution >= 4 is 10.1 Å². The average Bonchev–Trinajstić information content (AvgIpc) is 2.38. The summed E-state index contributed by atoms with van der Waals surface area (Å²) in [5, 5.41) is 0. The van der Waals surface area contributed by atoms with Gasteiger partial charge in [0.1, 0.15) is 0 Å². The zero-order valence-electron chi connectivity index (χ0n) is 13.0. The third-order valence-corrected chi connectivity index (χ3v) is 4.19. The van der Waals surface area contributed by atoms with E-state index < -0.39 is 10.1 Å². The van der Waals surface area contributed by atoms with Gasteiger partial charge in [0, 0.05) is 0 Å². The van der Waals surface area contributed by atoms with E-state index in [1.807, 2.05) is 12.2 Å². The van der Waals surface area contributed by atoms with Gasteiger partial charge in [0.25, 0.3) is 10.1 Å². The standard InChI is InChI=1S/C16H32O3S/c1-2-3-4-5-6-7-8-9-10-11-12-13-14-15-16-20(17,18)19/h13-14H,2-12,15-16H2,1H3,(H,17,18,19)/b14-13+. The summed E-state index contributed by atoms with van der Waals surface area (Å²) >= 11 is 0. The molecule has 0 atom stereocenters. The van der Waals surface area contributed by atoms with E-state index in [4.69, 9.17) is 4.55 Å². The van der Waals surface area contributed by atoms with Gasteiger partial charge in [-0.25, -0.2) is 0 Å². The summed E-state index contributed by atoms with van der Waals surface area (Å²) in [6.07, 6.45) is 18.6. The Labute approximate surface area is 125 Å². The fourth-order valence-corrected chi connectivity index (χ4v) is 2.64. The molecule has 0 aliphatic rings. The molecule has 0 radical (unpaired) electrons. The predicted molar refractivity (Wildman–Crippen MR) is 86.6 cm³/mol. The van der Waals surface area contributed by atoms with Crippen LogP contribution in [0.5, 0.6) is 0 Å². The molecule has 4 heteroatoms. The lowest BCUT2D eigenvalue weighted by Gasteiger charge is -2.01. The van der Waals surface area contributed by atoms with Crippen molar-refractivity contribution in [2.75, 3.05) is 5.75 Å². The Morgan fingerprint density at radius 1 is 0.750 bits per heavy atom. The Morgan fingerprint density at radius 3 is 1.70 bits per heavy atom. The van der Waals surface area contributed by atoms with E-state index in [9.17, 15) is 8.42 Å². The van der Waals surface area contributed by atoms with Crippen molar-refractivity contribution in [1.82, 2.24) is 0 Å². The lowest BCUT2D eigenvalue weighted by molar-refractivity contribution is 0.483. The third-order valence-electron chi connectivity index (χ3n) is 3.43. The molecule has 0 spiro atoms. The highest BCUT2D eigenvalue weighted by Crippen LogP contribution is 2.11. The van der Waals surface area contributed by atoms with Crippen LogP contribution < -0.4 is 0 Å². The van der Waals surface area contributed by atoms with E-state index >= 15 is 0 Å². The minimum atomic E-state index is -3.79. The van der Waals surface area contributed by atoms with Crippen molar-refractivity contribution in [2.45, 2.75) is 84.0 Å². The van der Waals surface area contributed by atoms with Gasteiger partial charge in [-0.05, 0) is 19.3 Å². The molecule has 0 bridgehead atoms. The summed E-state index contributed by atoms with van der Waals surface area (Å²) in [5.74, 6) is -0.165. The number of hydrogen-bond acceptors (Lipinski definition) is 2. The van der Waals surface area contributed by atoms with Crippen molar-refractivity contribution in [2.24, 2.45) is 0 Å². The van der Waals surface area contributed by atoms with Gasteiger partial charge < -0.3 is 0 Å². The molecule has 0 fully saturated rings. The fraction of sp³-hybridized carbons (Fsp3) is 0.875. The topological polar surface area (TPSA) is 54.4 Å². The molecule has 120 valence electrons. The second-order valence-electron chi connectivity index (χ2n) is 5.52. The molecule has 1 N–H and O–H groups in total. The first-order valence-corrected chi connectivity index (χ1v) is 9.77. The van der Waals surface area contributed by atoms with Crippen LogP contribution in [0.1, 0.15) is 84.0 Å². The monoisotopic (exact) mass is 304 g/mol. The maximum Gasteiger partial charge on any atom is 0.265 e. The van der Waals surface area contributed by atoms with Gasteiger partial charge in [-0.3, -0.25) is 4.55 Å². The number of hydrogen-bond donors (Lipinski definition) is 1. The van der Waals surface area contributed by atoms with Gasteiger partial charge in [-0.1, -0.05) is 76.9 Å². The molecule has 0 amide bonds. The molecule has 0 saturated carbocycles. The second-order valence-corrected chi connectivity index (χ2v) is 7.09. The summed E-state index contributed by atoms with van der Waals surface area (Å²) in [7, 11) is -3.79. The first-order chi connectivity index (χ1) is 9.56. The molecule has 0 heterocycles. The van der Waals surface area contributed by atoms with Crippen LogP contribution in [-0.4, -0.2) is 18.7 Å². The summed E-state index contributed by atoms with van der Waals surface area (Å²) in [5.41, 5.74) is 0. The molecule has 20 heavy (non-hydrogen) atoms. The molecular weight excluding hydrogens is 272 g/mol. The highest BCUT2D eigenvalue weighted by Gasteiger charge is 2.00. The molecular formula is C16H32O3S. The molecule has 0 unspecified atom stereocenters. The minimum absolute atomic E-state index is 0.165. The number of allylic oxidation sites excluding steroid dienone is 2. The van der Waals surface area contributed by atoms with E-state index in [2.05, 4.69) is 6.92 Å². The zero-order chi connectivity index (χ0) is 15.1. The van der Waals surface area contributed by atoms with Crippen LogP contribution in [0.25, 0.3) is 0 Å². The van der Waals surface area contributed by atoms with Crippen molar-refractivity contribution in [3.63, 3.8) is 0 Å². The molecule has 0 aromatic carbocycles. The maximum absolute atomic E-state index is 10.5. The van der Waals surface area contributed by atoms with Crippen LogP contribution >= 0.6 is 0 Å². The Balaban J connectivity index is 3.15. The molecule has 0 aromatic heterocycles. The van der Waals surface area contributed by atoms with Crippen LogP contribution in [0.3, 0.4) is 0 Å². The summed E-state index contributed by atoms with van der Waals surface area (Å²) in [4.78, 5) is 0. The van der Waals surface area contributed by atoms with Gasteiger partial charge >= 0.3 is 0 Å². The van der Waals surface area contributed by atoms with Crippen molar-refractivity contribution in [3.8, 4) is 0 Å². The predicted octanol–water partition coefficient (Wildman–Crippen LogP) is 5.13. The van der Waals surface area contributed by atoms with Crippen LogP contribution in [-0.2, 0) is 10.1 Å². The molecule has 0 saturated heterocycles. The summed E-state index contributed by atoms with van der Waals surface area (Å²) in [6.45, 7) is 2.25. The average molecular weight is 304 g/mol. The van der Waals surface area contributed by atoms with E-state index in [0.29, 0.717) is 6.42 Å². The quantitative estimate of drug-likeness (QED) is 0.275. The zero-order valence-corrected chi connectivity index (χ0v) is 13.8. The van der Waals surface area contributed by atoms with E-state index in [0.717, 1.165) is 6.42 Å². The van der Waals surface area contributed by atoms with Gasteiger partial charge in [0.2, 0.25) is 0 Å². The van der Waals surface area contributed by atoms with E-state index in [-0.39, 0.29) is 5.75 Å². The number of rotatable bonds is 14. The summed E-state index contributed by atoms with van der Waals surface area (Å²) in [6, 6.07) is 0. The lowest BCUT2D eigenvalue weighted by Crippen LogP contribution is -2.01. The van der Waals surface area contributed by atoms with Crippen LogP contribution in [0.2, 0.25) is 0 Å². The maximum atomic E-state index is 10.5. The van der Waals surface area contributed by atoms with Crippen LogP contribution in [0.15, 0.2) is 12.2 Å². The Hall–Kier alpha value is -0.350. The lowest BCUT2D eigenvalue weighted by atomic mass is 10.1. The van der Waals surface area contributed by atoms with Crippen LogP contribution in [0, 0.1) is 0 Å². The Bertz CT molecular complexity index is 321. The molecule has 0 aliphatic carbocycles. The Kier molecular flexibility index (Phi) is 13.4. The third kappa shape index (κ3) is 17.6. The van der Waals surface area contributed by atoms with Crippen molar-refractivity contribution < 1.29 is 13.0 Å². The highest BCUT2D eigenvalue weighted by molar-refractivity contribution is 7.85. The van der Waals surface area contributed by atoms with Gasteiger partial charge in [0.15, 0.2) is 0 Å². The van der Waals surface area contributed by atoms with Crippen molar-refractivity contribution in [3.05, 3.63) is 12.2 Å². The molecule has 3 nitrogen and oxygen atoms in total. The molecule has 0 rings (SSSR count). The first kappa shape index (κ1) is 19.7. The van der Waals surface area contributed by atoms with E-state index in [1.165, 1.54) is 64.2 Å². The SMILES string of the molecule is CCCCCCCCCCCC/C=C/CCS(=O)(=O)O. The van der Waals surface area contributed by atoms with E-state index in [1.54, 1.807) is 0 Å². The van der Waals surface area contributed by atoms with Crippen molar-refractivity contribution in [1.29, 1.82) is 0 Å². The second kappa shape index (κ2) is 13.6. The smallest absolute Gasteiger partial charge is 0.265 e. The number of unbranched alkanes of at least 4 members (excludes halogenated alkanes) is 10. The normalized spacial score (nSPS) is 12.3. The highest BCUT2D eigenvalue weighted by atomic mass is 32.2. The van der Waals surface area contributed by atoms with Gasteiger partial charge in [-0.15, -0.1) is 0 Å². The van der Waals surface area contributed by atoms with Gasteiger partial charge in [0.05, 0.1) is 5.75 Å². The molecule has 0 aromatic rings. The van der Waals surface area contributed by atoms with Crippen LogP contribution in [0.4, 0.5) is 0 Å². The first-order valence-electron chi connectivity index (χ1n) is 8.16. The minimum Gasteiger partial charge on any atom is -0.286 e. The van der Waals surface area contributed by atoms with Gasteiger partial charge in [-0.2, -0.15) is 8.42 Å². The molecule has 0 aliphatic heterocycles. The fourth-order valence-electron chi connectivity index (χ4n) is 2.20. The Morgan fingerprint density at radius 2 is 1.20 bits per heavy atom. The summed E-state index contributed by atoms with van der Waals surface area (Å²) < 4.78 is 29.5. The largest absolute Gasteiger partial charge is 0.286 e.